The van der Waals surface area contributed by atoms with Gasteiger partial charge in [0.2, 0.25) is 0 Å². The van der Waals surface area contributed by atoms with Gasteiger partial charge in [0.25, 0.3) is 0 Å². The maximum atomic E-state index is 11.4. The van der Waals surface area contributed by atoms with Gasteiger partial charge in [-0.1, -0.05) is 34.1 Å². The predicted molar refractivity (Wildman–Crippen MR) is 84.6 cm³/mol. The molecule has 1 N–H and O–H groups in total. The molecule has 0 aliphatic rings. The number of nitrogens with zero attached hydrogens (tertiary/aromatic N) is 2. The first-order valence-electron chi connectivity index (χ1n) is 6.52. The third-order valence-corrected chi connectivity index (χ3v) is 4.12. The van der Waals surface area contributed by atoms with Crippen LogP contribution in [-0.2, 0) is 0 Å². The highest BCUT2D eigenvalue weighted by Gasteiger charge is 2.17. The first kappa shape index (κ1) is 13.8. The molecule has 1 atom stereocenters. The number of benzene rings is 2. The van der Waals surface area contributed by atoms with E-state index in [9.17, 15) is 9.90 Å². The van der Waals surface area contributed by atoms with Crippen LogP contribution in [0.1, 0.15) is 28.9 Å². The van der Waals surface area contributed by atoms with E-state index in [-0.39, 0.29) is 11.6 Å². The number of aromatic carboxylic acids is 1. The van der Waals surface area contributed by atoms with Gasteiger partial charge in [0.05, 0.1) is 29.0 Å². The van der Waals surface area contributed by atoms with E-state index in [1.54, 1.807) is 18.5 Å². The molecule has 1 heterocycles. The molecule has 0 radical (unpaired) electrons. The van der Waals surface area contributed by atoms with Gasteiger partial charge < -0.3 is 9.67 Å². The van der Waals surface area contributed by atoms with E-state index in [2.05, 4.69) is 20.9 Å². The lowest BCUT2D eigenvalue weighted by atomic mass is 10.1. The maximum Gasteiger partial charge on any atom is 0.337 e. The number of imidazole rings is 1. The average molecular weight is 345 g/mol. The van der Waals surface area contributed by atoms with Gasteiger partial charge in [0.15, 0.2) is 0 Å². The Morgan fingerprint density at radius 3 is 2.62 bits per heavy atom. The summed E-state index contributed by atoms with van der Waals surface area (Å²) < 4.78 is 2.92. The molecule has 3 aromatic rings. The summed E-state index contributed by atoms with van der Waals surface area (Å²) in [5.41, 5.74) is 2.71. The number of aromatic nitrogens is 2. The van der Waals surface area contributed by atoms with Crippen LogP contribution in [0.5, 0.6) is 0 Å². The van der Waals surface area contributed by atoms with E-state index < -0.39 is 5.97 Å². The molecular formula is C16H13BrN2O2. The second-order valence-electron chi connectivity index (χ2n) is 4.86. The molecule has 3 rings (SSSR count). The van der Waals surface area contributed by atoms with Gasteiger partial charge in [-0.3, -0.25) is 0 Å². The Kier molecular flexibility index (Phi) is 3.51. The Labute approximate surface area is 130 Å². The minimum atomic E-state index is -0.939. The average Bonchev–Trinajstić information content (AvgIpc) is 2.91. The molecule has 0 spiro atoms. The van der Waals surface area contributed by atoms with Crippen LogP contribution in [0.2, 0.25) is 0 Å². The molecule has 0 amide bonds. The minimum absolute atomic E-state index is 0.00333. The highest BCUT2D eigenvalue weighted by molar-refractivity contribution is 9.10. The molecule has 0 fully saturated rings. The van der Waals surface area contributed by atoms with Crippen molar-refractivity contribution in [3.8, 4) is 0 Å². The van der Waals surface area contributed by atoms with E-state index in [0.29, 0.717) is 11.0 Å². The van der Waals surface area contributed by atoms with Gasteiger partial charge in [-0.15, -0.1) is 0 Å². The zero-order chi connectivity index (χ0) is 15.0. The molecule has 0 saturated heterocycles. The van der Waals surface area contributed by atoms with Gasteiger partial charge in [-0.05, 0) is 36.8 Å². The second kappa shape index (κ2) is 5.33. The van der Waals surface area contributed by atoms with Crippen molar-refractivity contribution >= 4 is 32.9 Å². The summed E-state index contributed by atoms with van der Waals surface area (Å²) >= 11 is 3.42. The van der Waals surface area contributed by atoms with Gasteiger partial charge in [-0.25, -0.2) is 9.78 Å². The highest BCUT2D eigenvalue weighted by atomic mass is 79.9. The normalized spacial score (nSPS) is 12.5. The molecular weight excluding hydrogens is 332 g/mol. The molecule has 21 heavy (non-hydrogen) atoms. The van der Waals surface area contributed by atoms with Gasteiger partial charge >= 0.3 is 5.97 Å². The molecule has 106 valence electrons. The number of fused-ring (bicyclic) bond motifs is 1. The number of hydrogen-bond acceptors (Lipinski definition) is 2. The zero-order valence-electron chi connectivity index (χ0n) is 11.3. The molecule has 0 saturated carbocycles. The zero-order valence-corrected chi connectivity index (χ0v) is 12.9. The summed E-state index contributed by atoms with van der Waals surface area (Å²) in [6, 6.07) is 13.1. The minimum Gasteiger partial charge on any atom is -0.478 e. The Bertz CT molecular complexity index is 809. The first-order valence-corrected chi connectivity index (χ1v) is 7.31. The van der Waals surface area contributed by atoms with Crippen molar-refractivity contribution in [1.29, 1.82) is 0 Å². The fourth-order valence-electron chi connectivity index (χ4n) is 2.46. The van der Waals surface area contributed by atoms with Crippen LogP contribution in [-0.4, -0.2) is 20.6 Å². The summed E-state index contributed by atoms with van der Waals surface area (Å²) in [6.07, 6.45) is 1.70. The quantitative estimate of drug-likeness (QED) is 0.777. The number of hydrogen-bond donors (Lipinski definition) is 1. The Hall–Kier alpha value is -2.14. The van der Waals surface area contributed by atoms with Crippen LogP contribution >= 0.6 is 15.9 Å². The molecule has 0 aliphatic heterocycles. The van der Waals surface area contributed by atoms with Gasteiger partial charge in [0.1, 0.15) is 0 Å². The fourth-order valence-corrected chi connectivity index (χ4v) is 2.72. The number of carbonyl (C=O) groups is 1. The Balaban J connectivity index is 2.16. The molecule has 5 heteroatoms. The van der Waals surface area contributed by atoms with Gasteiger partial charge in [0, 0.05) is 4.47 Å². The van der Waals surface area contributed by atoms with Crippen LogP contribution in [0.4, 0.5) is 0 Å². The van der Waals surface area contributed by atoms with Crippen LogP contribution in [0.25, 0.3) is 11.0 Å². The number of halogens is 1. The standard InChI is InChI=1S/C16H13BrN2O2/c1-10(11-5-7-12(17)8-6-11)19-9-18-14-4-2-3-13(15(14)19)16(20)21/h2-10H,1H3,(H,20,21). The molecule has 0 bridgehead atoms. The molecule has 2 aromatic carbocycles. The van der Waals surface area contributed by atoms with E-state index in [0.717, 1.165) is 10.0 Å². The monoisotopic (exact) mass is 344 g/mol. The van der Waals surface area contributed by atoms with Crippen LogP contribution < -0.4 is 0 Å². The first-order chi connectivity index (χ1) is 10.1. The van der Waals surface area contributed by atoms with Gasteiger partial charge in [-0.2, -0.15) is 0 Å². The second-order valence-corrected chi connectivity index (χ2v) is 5.77. The predicted octanol–water partition coefficient (Wildman–Crippen LogP) is 4.11. The van der Waals surface area contributed by atoms with E-state index in [1.165, 1.54) is 0 Å². The number of carboxylic acid groups (broad SMARTS) is 1. The summed E-state index contributed by atoms with van der Waals surface area (Å²) in [5, 5.41) is 9.37. The summed E-state index contributed by atoms with van der Waals surface area (Å²) in [4.78, 5) is 15.7. The smallest absolute Gasteiger partial charge is 0.337 e. The van der Waals surface area contributed by atoms with Crippen molar-refractivity contribution in [1.82, 2.24) is 9.55 Å². The lowest BCUT2D eigenvalue weighted by Crippen LogP contribution is -2.08. The van der Waals surface area contributed by atoms with Crippen molar-refractivity contribution < 1.29 is 9.90 Å². The van der Waals surface area contributed by atoms with Crippen LogP contribution in [0.3, 0.4) is 0 Å². The van der Waals surface area contributed by atoms with Crippen LogP contribution in [0.15, 0.2) is 53.3 Å². The van der Waals surface area contributed by atoms with E-state index in [1.807, 2.05) is 41.8 Å². The lowest BCUT2D eigenvalue weighted by molar-refractivity contribution is 0.0698. The number of carboxylic acids is 1. The topological polar surface area (TPSA) is 55.1 Å². The SMILES string of the molecule is CC(c1ccc(Br)cc1)n1cnc2cccc(C(=O)O)c21. The largest absolute Gasteiger partial charge is 0.478 e. The van der Waals surface area contributed by atoms with Crippen molar-refractivity contribution in [2.75, 3.05) is 0 Å². The Morgan fingerprint density at radius 1 is 1.24 bits per heavy atom. The third kappa shape index (κ3) is 2.45. The van der Waals surface area contributed by atoms with E-state index in [4.69, 9.17) is 0 Å². The summed E-state index contributed by atoms with van der Waals surface area (Å²) in [7, 11) is 0. The molecule has 1 unspecified atom stereocenters. The van der Waals surface area contributed by atoms with E-state index >= 15 is 0 Å². The molecule has 4 nitrogen and oxygen atoms in total. The van der Waals surface area contributed by atoms with Crippen molar-refractivity contribution in [2.24, 2.45) is 0 Å². The maximum absolute atomic E-state index is 11.4. The molecule has 0 aliphatic carbocycles. The van der Waals surface area contributed by atoms with Crippen molar-refractivity contribution in [3.05, 3.63) is 64.4 Å². The number of rotatable bonds is 3. The van der Waals surface area contributed by atoms with Crippen molar-refractivity contribution in [3.63, 3.8) is 0 Å². The lowest BCUT2D eigenvalue weighted by Gasteiger charge is -2.16. The summed E-state index contributed by atoms with van der Waals surface area (Å²) in [5.74, 6) is -0.939. The third-order valence-electron chi connectivity index (χ3n) is 3.59. The number of para-hydroxylation sites is 1. The summed E-state index contributed by atoms with van der Waals surface area (Å²) in [6.45, 7) is 2.03. The fraction of sp³-hybridized carbons (Fsp3) is 0.125. The molecule has 1 aromatic heterocycles. The van der Waals surface area contributed by atoms with Crippen LogP contribution in [0, 0.1) is 0 Å². The Morgan fingerprint density at radius 2 is 1.95 bits per heavy atom. The van der Waals surface area contributed by atoms with Crippen molar-refractivity contribution in [2.45, 2.75) is 13.0 Å². The highest BCUT2D eigenvalue weighted by Crippen LogP contribution is 2.26.